The highest BCUT2D eigenvalue weighted by Gasteiger charge is 2.30. The molecule has 0 radical (unpaired) electrons. The van der Waals surface area contributed by atoms with Crippen LogP contribution in [0.25, 0.3) is 11.1 Å². The van der Waals surface area contributed by atoms with Crippen LogP contribution in [0.1, 0.15) is 31.0 Å². The Balaban J connectivity index is 2.08. The fourth-order valence-corrected chi connectivity index (χ4v) is 3.31. The van der Waals surface area contributed by atoms with Crippen LogP contribution in [-0.2, 0) is 4.79 Å². The fraction of sp³-hybridized carbons (Fsp3) is 0.389. The van der Waals surface area contributed by atoms with Crippen molar-refractivity contribution in [1.29, 1.82) is 0 Å². The van der Waals surface area contributed by atoms with Gasteiger partial charge in [-0.15, -0.1) is 0 Å². The van der Waals surface area contributed by atoms with Gasteiger partial charge in [0.1, 0.15) is 5.75 Å². The number of benzene rings is 1. The molecule has 7 nitrogen and oxygen atoms in total. The second-order valence-electron chi connectivity index (χ2n) is 6.06. The first kappa shape index (κ1) is 17.2. The summed E-state index contributed by atoms with van der Waals surface area (Å²) in [4.78, 5) is 22.7. The van der Waals surface area contributed by atoms with E-state index in [1.807, 2.05) is 29.2 Å². The van der Waals surface area contributed by atoms with E-state index in [4.69, 9.17) is 16.2 Å². The molecule has 2 aromatic rings. The number of anilines is 1. The summed E-state index contributed by atoms with van der Waals surface area (Å²) >= 11 is 0. The van der Waals surface area contributed by atoms with E-state index in [9.17, 15) is 4.79 Å². The molecule has 1 aliphatic rings. The second-order valence-corrected chi connectivity index (χ2v) is 6.06. The van der Waals surface area contributed by atoms with Crippen LogP contribution < -0.4 is 16.2 Å². The first-order chi connectivity index (χ1) is 12.1. The molecule has 4 N–H and O–H groups in total. The molecule has 3 rings (SSSR count). The summed E-state index contributed by atoms with van der Waals surface area (Å²) < 4.78 is 5.32. The zero-order chi connectivity index (χ0) is 17.8. The minimum atomic E-state index is -0.142. The normalized spacial score (nSPS) is 17.4. The van der Waals surface area contributed by atoms with Gasteiger partial charge in [-0.2, -0.15) is 0 Å². The molecule has 0 aliphatic carbocycles. The van der Waals surface area contributed by atoms with E-state index >= 15 is 0 Å². The van der Waals surface area contributed by atoms with Gasteiger partial charge in [-0.05, 0) is 37.0 Å². The number of carbonyl (C=O) groups is 1. The Morgan fingerprint density at radius 1 is 1.40 bits per heavy atom. The van der Waals surface area contributed by atoms with Crippen molar-refractivity contribution in [2.45, 2.75) is 25.3 Å². The zero-order valence-corrected chi connectivity index (χ0v) is 14.3. The molecule has 0 saturated carbocycles. The lowest BCUT2D eigenvalue weighted by Gasteiger charge is -2.36. The van der Waals surface area contributed by atoms with Gasteiger partial charge in [0.15, 0.2) is 0 Å². The van der Waals surface area contributed by atoms with E-state index in [1.165, 1.54) is 0 Å². The molecule has 132 valence electrons. The van der Waals surface area contributed by atoms with Crippen molar-refractivity contribution >= 4 is 11.9 Å². The molecule has 0 spiro atoms. The smallest absolute Gasteiger partial charge is 0.236 e. The Labute approximate surface area is 147 Å². The van der Waals surface area contributed by atoms with Crippen molar-refractivity contribution in [1.82, 2.24) is 14.9 Å². The summed E-state index contributed by atoms with van der Waals surface area (Å²) in [5.41, 5.74) is 14.0. The van der Waals surface area contributed by atoms with Gasteiger partial charge in [0.05, 0.1) is 25.4 Å². The van der Waals surface area contributed by atoms with Gasteiger partial charge in [-0.3, -0.25) is 4.79 Å². The number of hydrogen-bond acceptors (Lipinski definition) is 6. The van der Waals surface area contributed by atoms with Gasteiger partial charge < -0.3 is 21.1 Å². The highest BCUT2D eigenvalue weighted by molar-refractivity contribution is 5.79. The Morgan fingerprint density at radius 3 is 3.00 bits per heavy atom. The minimum Gasteiger partial charge on any atom is -0.497 e. The number of methoxy groups -OCH3 is 1. The summed E-state index contributed by atoms with van der Waals surface area (Å²) in [7, 11) is 1.63. The van der Waals surface area contributed by atoms with E-state index in [2.05, 4.69) is 9.97 Å². The van der Waals surface area contributed by atoms with Crippen molar-refractivity contribution in [3.05, 3.63) is 36.2 Å². The van der Waals surface area contributed by atoms with Crippen molar-refractivity contribution < 1.29 is 9.53 Å². The number of ether oxygens (including phenoxy) is 1. The van der Waals surface area contributed by atoms with Crippen LogP contribution in [0, 0.1) is 0 Å². The molecule has 25 heavy (non-hydrogen) atoms. The largest absolute Gasteiger partial charge is 0.497 e. The molecule has 1 aromatic heterocycles. The number of amides is 1. The standard InChI is InChI=1S/C18H23N5O2/c1-25-13-6-4-5-12(9-13)14-11-21-18(20)22-17(14)15-7-2-3-8-23(15)16(24)10-19/h4-6,9,11,15H,2-3,7-8,10,19H2,1H3,(H2,20,21,22)/t15-/m1/s1. The van der Waals surface area contributed by atoms with E-state index in [0.717, 1.165) is 41.8 Å². The summed E-state index contributed by atoms with van der Waals surface area (Å²) in [5.74, 6) is 0.879. The number of hydrogen-bond donors (Lipinski definition) is 2. The molecule has 1 atom stereocenters. The molecule has 1 saturated heterocycles. The maximum atomic E-state index is 12.3. The van der Waals surface area contributed by atoms with Crippen LogP contribution in [0.15, 0.2) is 30.5 Å². The molecule has 2 heterocycles. The number of nitrogens with zero attached hydrogens (tertiary/aromatic N) is 3. The number of rotatable bonds is 4. The molecule has 1 aliphatic heterocycles. The monoisotopic (exact) mass is 341 g/mol. The van der Waals surface area contributed by atoms with Crippen molar-refractivity contribution in [3.8, 4) is 16.9 Å². The maximum absolute atomic E-state index is 12.3. The number of piperidine rings is 1. The Bertz CT molecular complexity index is 765. The molecule has 7 heteroatoms. The van der Waals surface area contributed by atoms with E-state index in [0.29, 0.717) is 6.54 Å². The number of nitrogen functional groups attached to an aromatic ring is 1. The molecule has 1 amide bonds. The third-order valence-corrected chi connectivity index (χ3v) is 4.53. The number of likely N-dealkylation sites (tertiary alicyclic amines) is 1. The summed E-state index contributed by atoms with van der Waals surface area (Å²) in [6.45, 7) is 0.674. The molecule has 0 unspecified atom stereocenters. The molecular formula is C18H23N5O2. The van der Waals surface area contributed by atoms with Crippen molar-refractivity contribution in [3.63, 3.8) is 0 Å². The van der Waals surface area contributed by atoms with E-state index in [-0.39, 0.29) is 24.4 Å². The van der Waals surface area contributed by atoms with Crippen LogP contribution in [0.4, 0.5) is 5.95 Å². The van der Waals surface area contributed by atoms with Crippen LogP contribution in [0.5, 0.6) is 5.75 Å². The number of carbonyl (C=O) groups excluding carboxylic acids is 1. The molecule has 1 fully saturated rings. The maximum Gasteiger partial charge on any atom is 0.236 e. The van der Waals surface area contributed by atoms with Gasteiger partial charge in [-0.1, -0.05) is 12.1 Å². The zero-order valence-electron chi connectivity index (χ0n) is 14.3. The summed E-state index contributed by atoms with van der Waals surface area (Å²) in [5, 5.41) is 0. The van der Waals surface area contributed by atoms with Crippen LogP contribution in [0.2, 0.25) is 0 Å². The SMILES string of the molecule is COc1cccc(-c2cnc(N)nc2[C@H]2CCCCN2C(=O)CN)c1. The minimum absolute atomic E-state index is 0.00837. The average molecular weight is 341 g/mol. The van der Waals surface area contributed by atoms with Crippen molar-refractivity contribution in [2.75, 3.05) is 25.9 Å². The quantitative estimate of drug-likeness (QED) is 0.877. The Morgan fingerprint density at radius 2 is 2.24 bits per heavy atom. The van der Waals surface area contributed by atoms with Crippen molar-refractivity contribution in [2.24, 2.45) is 5.73 Å². The Hall–Kier alpha value is -2.67. The number of nitrogens with two attached hydrogens (primary N) is 2. The average Bonchev–Trinajstić information content (AvgIpc) is 2.67. The molecule has 0 bridgehead atoms. The predicted molar refractivity (Wildman–Crippen MR) is 95.8 cm³/mol. The van der Waals surface area contributed by atoms with Gasteiger partial charge in [0, 0.05) is 18.3 Å². The topological polar surface area (TPSA) is 107 Å². The van der Waals surface area contributed by atoms with Gasteiger partial charge in [0.25, 0.3) is 0 Å². The first-order valence-corrected chi connectivity index (χ1v) is 8.40. The number of aromatic nitrogens is 2. The highest BCUT2D eigenvalue weighted by atomic mass is 16.5. The summed E-state index contributed by atoms with van der Waals surface area (Å²) in [6.07, 6.45) is 4.54. The van der Waals surface area contributed by atoms with Crippen LogP contribution in [0.3, 0.4) is 0 Å². The highest BCUT2D eigenvalue weighted by Crippen LogP contribution is 2.36. The second kappa shape index (κ2) is 7.48. The van der Waals surface area contributed by atoms with Gasteiger partial charge >= 0.3 is 0 Å². The van der Waals surface area contributed by atoms with Crippen LogP contribution in [-0.4, -0.2) is 41.0 Å². The van der Waals surface area contributed by atoms with E-state index in [1.54, 1.807) is 13.3 Å². The molecule has 1 aromatic carbocycles. The van der Waals surface area contributed by atoms with E-state index < -0.39 is 0 Å². The Kier molecular flexibility index (Phi) is 5.14. The summed E-state index contributed by atoms with van der Waals surface area (Å²) in [6, 6.07) is 7.55. The lowest BCUT2D eigenvalue weighted by molar-refractivity contribution is -0.133. The lowest BCUT2D eigenvalue weighted by atomic mass is 9.93. The lowest BCUT2D eigenvalue weighted by Crippen LogP contribution is -2.42. The van der Waals surface area contributed by atoms with Gasteiger partial charge in [0.2, 0.25) is 11.9 Å². The predicted octanol–water partition coefficient (Wildman–Crippen LogP) is 1.75. The molecular weight excluding hydrogens is 318 g/mol. The van der Waals surface area contributed by atoms with Gasteiger partial charge in [-0.25, -0.2) is 9.97 Å². The third-order valence-electron chi connectivity index (χ3n) is 4.53. The fourth-order valence-electron chi connectivity index (χ4n) is 3.31. The van der Waals surface area contributed by atoms with Crippen LogP contribution >= 0.6 is 0 Å². The third kappa shape index (κ3) is 3.56. The first-order valence-electron chi connectivity index (χ1n) is 8.40.